The zero-order valence-corrected chi connectivity index (χ0v) is 10.8. The summed E-state index contributed by atoms with van der Waals surface area (Å²) >= 11 is 0. The summed E-state index contributed by atoms with van der Waals surface area (Å²) in [6.45, 7) is 5.74. The van der Waals surface area contributed by atoms with Crippen molar-refractivity contribution in [3.05, 3.63) is 35.1 Å². The summed E-state index contributed by atoms with van der Waals surface area (Å²) < 4.78 is 38.0. The molecule has 0 bridgehead atoms. The number of hydrogen-bond acceptors (Lipinski definition) is 1. The molecule has 1 aromatic rings. The fourth-order valence-corrected chi connectivity index (χ4v) is 1.41. The molecule has 0 fully saturated rings. The summed E-state index contributed by atoms with van der Waals surface area (Å²) in [5, 5.41) is 0. The van der Waals surface area contributed by atoms with Crippen LogP contribution in [0.15, 0.2) is 18.2 Å². The third-order valence-corrected chi connectivity index (χ3v) is 2.55. The van der Waals surface area contributed by atoms with Gasteiger partial charge in [0, 0.05) is 6.04 Å². The minimum atomic E-state index is -2.79. The van der Waals surface area contributed by atoms with Gasteiger partial charge >= 0.3 is 0 Å². The van der Waals surface area contributed by atoms with Crippen LogP contribution in [-0.2, 0) is 0 Å². The van der Waals surface area contributed by atoms with Gasteiger partial charge in [-0.2, -0.15) is 0 Å². The monoisotopic (exact) mass is 267 g/mol. The molecule has 5 heteroatoms. The molecular formula is C12H17ClF3N. The molecule has 0 aliphatic rings. The van der Waals surface area contributed by atoms with Gasteiger partial charge in [-0.15, -0.1) is 12.4 Å². The first-order chi connectivity index (χ1) is 7.23. The molecule has 98 valence electrons. The van der Waals surface area contributed by atoms with Crippen LogP contribution in [0.2, 0.25) is 0 Å². The van der Waals surface area contributed by atoms with Gasteiger partial charge in [-0.25, -0.2) is 13.2 Å². The van der Waals surface area contributed by atoms with E-state index in [-0.39, 0.29) is 23.9 Å². The Hall–Kier alpha value is -0.740. The van der Waals surface area contributed by atoms with E-state index < -0.39 is 17.8 Å². The lowest BCUT2D eigenvalue weighted by atomic mass is 9.83. The molecule has 1 atom stereocenters. The van der Waals surface area contributed by atoms with Gasteiger partial charge in [0.25, 0.3) is 6.43 Å². The maximum absolute atomic E-state index is 13.3. The lowest BCUT2D eigenvalue weighted by molar-refractivity contribution is 0.146. The van der Waals surface area contributed by atoms with Gasteiger partial charge in [0.15, 0.2) is 0 Å². The van der Waals surface area contributed by atoms with Crippen molar-refractivity contribution < 1.29 is 13.2 Å². The van der Waals surface area contributed by atoms with Crippen molar-refractivity contribution in [3.8, 4) is 0 Å². The minimum absolute atomic E-state index is 0. The van der Waals surface area contributed by atoms with E-state index in [9.17, 15) is 13.2 Å². The quantitative estimate of drug-likeness (QED) is 0.853. The van der Waals surface area contributed by atoms with Crippen molar-refractivity contribution in [3.63, 3.8) is 0 Å². The van der Waals surface area contributed by atoms with E-state index in [0.717, 1.165) is 12.1 Å². The van der Waals surface area contributed by atoms with Crippen molar-refractivity contribution in [2.75, 3.05) is 0 Å². The molecule has 0 radical (unpaired) electrons. The van der Waals surface area contributed by atoms with Crippen LogP contribution < -0.4 is 5.73 Å². The topological polar surface area (TPSA) is 26.0 Å². The number of nitrogens with two attached hydrogens (primary N) is 1. The lowest BCUT2D eigenvalue weighted by Gasteiger charge is -2.27. The van der Waals surface area contributed by atoms with Crippen molar-refractivity contribution in [2.45, 2.75) is 33.2 Å². The summed E-state index contributed by atoms with van der Waals surface area (Å²) in [4.78, 5) is 0. The molecule has 17 heavy (non-hydrogen) atoms. The predicted molar refractivity (Wildman–Crippen MR) is 65.0 cm³/mol. The Kier molecular flexibility index (Phi) is 5.49. The highest BCUT2D eigenvalue weighted by atomic mass is 35.5. The summed E-state index contributed by atoms with van der Waals surface area (Å²) in [6, 6.07) is 3.27. The van der Waals surface area contributed by atoms with E-state index in [1.165, 1.54) is 6.07 Å². The predicted octanol–water partition coefficient (Wildman–Crippen LogP) is 4.23. The number of benzene rings is 1. The second-order valence-corrected chi connectivity index (χ2v) is 4.93. The average Bonchev–Trinajstić information content (AvgIpc) is 2.14. The van der Waals surface area contributed by atoms with Crippen LogP contribution in [-0.4, -0.2) is 0 Å². The molecule has 0 aromatic heterocycles. The van der Waals surface area contributed by atoms with Crippen LogP contribution >= 0.6 is 12.4 Å². The number of halogens is 4. The summed E-state index contributed by atoms with van der Waals surface area (Å²) in [6.07, 6.45) is -2.79. The van der Waals surface area contributed by atoms with Gasteiger partial charge in [0.05, 0.1) is 5.56 Å². The minimum Gasteiger partial charge on any atom is -0.324 e. The van der Waals surface area contributed by atoms with Gasteiger partial charge in [0.2, 0.25) is 0 Å². The summed E-state index contributed by atoms with van der Waals surface area (Å²) in [5.41, 5.74) is 5.63. The van der Waals surface area contributed by atoms with Crippen molar-refractivity contribution in [1.82, 2.24) is 0 Å². The maximum atomic E-state index is 13.3. The zero-order valence-electron chi connectivity index (χ0n) is 10.0. The Labute approximate surface area is 106 Å². The van der Waals surface area contributed by atoms with Gasteiger partial charge in [0.1, 0.15) is 5.82 Å². The van der Waals surface area contributed by atoms with E-state index in [4.69, 9.17) is 5.73 Å². The molecule has 1 nitrogen and oxygen atoms in total. The van der Waals surface area contributed by atoms with Gasteiger partial charge in [-0.1, -0.05) is 32.9 Å². The van der Waals surface area contributed by atoms with Gasteiger partial charge in [-0.05, 0) is 17.0 Å². The Balaban J connectivity index is 0.00000256. The summed E-state index contributed by atoms with van der Waals surface area (Å²) in [7, 11) is 0. The van der Waals surface area contributed by atoms with Gasteiger partial charge in [-0.3, -0.25) is 0 Å². The third-order valence-electron chi connectivity index (χ3n) is 2.55. The number of rotatable bonds is 2. The van der Waals surface area contributed by atoms with Crippen molar-refractivity contribution in [1.29, 1.82) is 0 Å². The summed E-state index contributed by atoms with van der Waals surface area (Å²) in [5.74, 6) is -0.896. The highest BCUT2D eigenvalue weighted by Crippen LogP contribution is 2.32. The molecule has 0 saturated carbocycles. The van der Waals surface area contributed by atoms with Crippen LogP contribution in [0.4, 0.5) is 13.2 Å². The van der Waals surface area contributed by atoms with E-state index in [1.807, 2.05) is 20.8 Å². The molecule has 1 unspecified atom stereocenters. The fraction of sp³-hybridized carbons (Fsp3) is 0.500. The smallest absolute Gasteiger partial charge is 0.266 e. The molecule has 1 rings (SSSR count). The molecule has 0 aliphatic carbocycles. The fourth-order valence-electron chi connectivity index (χ4n) is 1.41. The first-order valence-electron chi connectivity index (χ1n) is 5.06. The Morgan fingerprint density at radius 2 is 1.71 bits per heavy atom. The van der Waals surface area contributed by atoms with Crippen LogP contribution in [0.3, 0.4) is 0 Å². The van der Waals surface area contributed by atoms with E-state index in [0.29, 0.717) is 5.56 Å². The highest BCUT2D eigenvalue weighted by molar-refractivity contribution is 5.85. The average molecular weight is 268 g/mol. The number of hydrogen-bond donors (Lipinski definition) is 1. The third kappa shape index (κ3) is 3.89. The van der Waals surface area contributed by atoms with Gasteiger partial charge < -0.3 is 5.73 Å². The molecule has 1 aromatic carbocycles. The standard InChI is InChI=1S/C12H16F3N.ClH/c1-12(2,3)10(16)7-4-5-8(11(14)15)9(13)6-7;/h4-6,10-11H,16H2,1-3H3;1H. The van der Waals surface area contributed by atoms with Crippen molar-refractivity contribution >= 4 is 12.4 Å². The molecule has 0 amide bonds. The normalized spacial score (nSPS) is 13.4. The Bertz CT molecular complexity index is 375. The second kappa shape index (κ2) is 5.74. The molecule has 0 aliphatic heterocycles. The Morgan fingerprint density at radius 1 is 1.18 bits per heavy atom. The first kappa shape index (κ1) is 16.3. The van der Waals surface area contributed by atoms with Crippen molar-refractivity contribution in [2.24, 2.45) is 11.1 Å². The first-order valence-corrected chi connectivity index (χ1v) is 5.06. The Morgan fingerprint density at radius 3 is 2.06 bits per heavy atom. The molecule has 0 saturated heterocycles. The van der Waals surface area contributed by atoms with E-state index in [1.54, 1.807) is 0 Å². The SMILES string of the molecule is CC(C)(C)C(N)c1ccc(C(F)F)c(F)c1.Cl. The molecule has 2 N–H and O–H groups in total. The van der Waals surface area contributed by atoms with Crippen LogP contribution in [0, 0.1) is 11.2 Å². The maximum Gasteiger partial charge on any atom is 0.266 e. The zero-order chi connectivity index (χ0) is 12.5. The van der Waals surface area contributed by atoms with E-state index in [2.05, 4.69) is 0 Å². The van der Waals surface area contributed by atoms with E-state index >= 15 is 0 Å². The number of alkyl halides is 2. The molecular weight excluding hydrogens is 251 g/mol. The second-order valence-electron chi connectivity index (χ2n) is 4.93. The molecule has 0 heterocycles. The van der Waals surface area contributed by atoms with Crippen LogP contribution in [0.5, 0.6) is 0 Å². The lowest BCUT2D eigenvalue weighted by Crippen LogP contribution is -2.26. The largest absolute Gasteiger partial charge is 0.324 e. The highest BCUT2D eigenvalue weighted by Gasteiger charge is 2.24. The van der Waals surface area contributed by atoms with Crippen LogP contribution in [0.25, 0.3) is 0 Å². The van der Waals surface area contributed by atoms with Crippen LogP contribution in [0.1, 0.15) is 44.4 Å². The molecule has 0 spiro atoms.